The smallest absolute Gasteiger partial charge is 0.319 e. The van der Waals surface area contributed by atoms with Crippen molar-refractivity contribution in [3.63, 3.8) is 0 Å². The Hall–Kier alpha value is -2.97. The minimum Gasteiger partial charge on any atom is -0.390 e. The monoisotopic (exact) mass is 370 g/mol. The molecule has 3 rings (SSSR count). The summed E-state index contributed by atoms with van der Waals surface area (Å²) in [5.74, 6) is 0. The highest BCUT2D eigenvalue weighted by molar-refractivity contribution is 5.91. The van der Waals surface area contributed by atoms with Crippen LogP contribution in [-0.2, 0) is 13.0 Å². The van der Waals surface area contributed by atoms with E-state index in [1.54, 1.807) is 6.07 Å². The molecule has 0 aliphatic carbocycles. The first-order chi connectivity index (χ1) is 13.0. The summed E-state index contributed by atoms with van der Waals surface area (Å²) in [5.41, 5.74) is 2.53. The van der Waals surface area contributed by atoms with Crippen molar-refractivity contribution in [2.75, 3.05) is 25.0 Å². The van der Waals surface area contributed by atoms with E-state index in [4.69, 9.17) is 0 Å². The van der Waals surface area contributed by atoms with E-state index in [9.17, 15) is 20.0 Å². The lowest BCUT2D eigenvalue weighted by molar-refractivity contribution is -0.383. The number of aliphatic hydroxyl groups is 1. The van der Waals surface area contributed by atoms with Gasteiger partial charge in [0.1, 0.15) is 5.69 Å². The van der Waals surface area contributed by atoms with Gasteiger partial charge in [-0.2, -0.15) is 0 Å². The van der Waals surface area contributed by atoms with Crippen LogP contribution in [0.25, 0.3) is 0 Å². The Kier molecular flexibility index (Phi) is 6.00. The van der Waals surface area contributed by atoms with Gasteiger partial charge in [0.25, 0.3) is 5.69 Å². The standard InChI is InChI=1S/C19H22N4O4/c24-16(13-22-10-9-14-5-1-2-6-15(14)12-22)11-20-19(25)21-17-7-3-4-8-18(17)23(26)27/h1-8,16,24H,9-13H2,(H2,20,21,25)/t16-/m0/s1. The number of nitrogens with zero attached hydrogens (tertiary/aromatic N) is 2. The van der Waals surface area contributed by atoms with E-state index in [2.05, 4.69) is 27.7 Å². The molecule has 3 N–H and O–H groups in total. The van der Waals surface area contributed by atoms with Crippen LogP contribution in [0.1, 0.15) is 11.1 Å². The number of nitro groups is 1. The number of nitro benzene ring substituents is 1. The number of carbonyl (C=O) groups is 1. The highest BCUT2D eigenvalue weighted by atomic mass is 16.6. The van der Waals surface area contributed by atoms with Crippen LogP contribution < -0.4 is 10.6 Å². The van der Waals surface area contributed by atoms with Crippen LogP contribution in [0.2, 0.25) is 0 Å². The molecule has 27 heavy (non-hydrogen) atoms. The molecule has 8 nitrogen and oxygen atoms in total. The van der Waals surface area contributed by atoms with Gasteiger partial charge in [-0.1, -0.05) is 36.4 Å². The van der Waals surface area contributed by atoms with Gasteiger partial charge in [0, 0.05) is 32.2 Å². The zero-order valence-corrected chi connectivity index (χ0v) is 14.8. The third-order valence-corrected chi connectivity index (χ3v) is 4.53. The molecule has 1 heterocycles. The van der Waals surface area contributed by atoms with Gasteiger partial charge in [-0.05, 0) is 23.6 Å². The average Bonchev–Trinajstić information content (AvgIpc) is 2.66. The molecule has 0 saturated carbocycles. The van der Waals surface area contributed by atoms with E-state index >= 15 is 0 Å². The topological polar surface area (TPSA) is 108 Å². The van der Waals surface area contributed by atoms with Crippen molar-refractivity contribution in [1.29, 1.82) is 0 Å². The SMILES string of the molecule is O=C(NC[C@H](O)CN1CCc2ccccc2C1)Nc1ccccc1[N+](=O)[O-]. The van der Waals surface area contributed by atoms with Crippen LogP contribution >= 0.6 is 0 Å². The molecule has 1 aliphatic heterocycles. The molecule has 0 bridgehead atoms. The summed E-state index contributed by atoms with van der Waals surface area (Å²) in [6, 6.07) is 13.6. The first-order valence-electron chi connectivity index (χ1n) is 8.78. The predicted molar refractivity (Wildman–Crippen MR) is 102 cm³/mol. The quantitative estimate of drug-likeness (QED) is 0.533. The van der Waals surface area contributed by atoms with Gasteiger partial charge in [0.2, 0.25) is 0 Å². The van der Waals surface area contributed by atoms with Gasteiger partial charge >= 0.3 is 6.03 Å². The lowest BCUT2D eigenvalue weighted by Crippen LogP contribution is -2.43. The second-order valence-corrected chi connectivity index (χ2v) is 6.52. The maximum atomic E-state index is 12.0. The lowest BCUT2D eigenvalue weighted by Gasteiger charge is -2.30. The number of hydrogen-bond donors (Lipinski definition) is 3. The summed E-state index contributed by atoms with van der Waals surface area (Å²) < 4.78 is 0. The zero-order chi connectivity index (χ0) is 19.2. The van der Waals surface area contributed by atoms with Gasteiger partial charge in [-0.25, -0.2) is 4.79 Å². The number of amides is 2. The predicted octanol–water partition coefficient (Wildman–Crippen LogP) is 2.14. The van der Waals surface area contributed by atoms with Gasteiger partial charge < -0.3 is 15.7 Å². The normalized spacial score (nSPS) is 14.9. The number of benzene rings is 2. The number of carbonyl (C=O) groups excluding carboxylic acids is 1. The molecule has 2 amide bonds. The van der Waals surface area contributed by atoms with E-state index in [0.29, 0.717) is 6.54 Å². The second kappa shape index (κ2) is 8.61. The fourth-order valence-electron chi connectivity index (χ4n) is 3.19. The molecular weight excluding hydrogens is 348 g/mol. The fraction of sp³-hybridized carbons (Fsp3) is 0.316. The molecule has 2 aromatic rings. The number of β-amino-alcohol motifs (C(OH)–C–C–N with tert-alkyl or cyclic N) is 1. The van der Waals surface area contributed by atoms with Crippen molar-refractivity contribution in [2.45, 2.75) is 19.1 Å². The van der Waals surface area contributed by atoms with Crippen LogP contribution in [0.15, 0.2) is 48.5 Å². The number of urea groups is 1. The molecule has 1 atom stereocenters. The number of aliphatic hydroxyl groups excluding tert-OH is 1. The van der Waals surface area contributed by atoms with E-state index < -0.39 is 17.1 Å². The number of para-hydroxylation sites is 2. The van der Waals surface area contributed by atoms with Crippen LogP contribution in [0.4, 0.5) is 16.2 Å². The van der Waals surface area contributed by atoms with E-state index in [1.165, 1.54) is 29.3 Å². The molecule has 0 unspecified atom stereocenters. The first kappa shape index (κ1) is 18.8. The van der Waals surface area contributed by atoms with Crippen molar-refractivity contribution in [3.8, 4) is 0 Å². The van der Waals surface area contributed by atoms with Crippen molar-refractivity contribution >= 4 is 17.4 Å². The van der Waals surface area contributed by atoms with E-state index in [1.807, 2.05) is 12.1 Å². The van der Waals surface area contributed by atoms with Crippen LogP contribution in [-0.4, -0.2) is 46.7 Å². The Morgan fingerprint density at radius 1 is 1.19 bits per heavy atom. The van der Waals surface area contributed by atoms with Crippen molar-refractivity contribution < 1.29 is 14.8 Å². The Balaban J connectivity index is 1.46. The number of hydrogen-bond acceptors (Lipinski definition) is 5. The van der Waals surface area contributed by atoms with Gasteiger partial charge in [0.05, 0.1) is 11.0 Å². The highest BCUT2D eigenvalue weighted by Crippen LogP contribution is 2.23. The fourth-order valence-corrected chi connectivity index (χ4v) is 3.19. The highest BCUT2D eigenvalue weighted by Gasteiger charge is 2.19. The molecule has 1 aliphatic rings. The Bertz CT molecular complexity index is 827. The Morgan fingerprint density at radius 2 is 1.89 bits per heavy atom. The summed E-state index contributed by atoms with van der Waals surface area (Å²) in [4.78, 5) is 24.5. The Morgan fingerprint density at radius 3 is 2.67 bits per heavy atom. The van der Waals surface area contributed by atoms with E-state index in [-0.39, 0.29) is 17.9 Å². The summed E-state index contributed by atoms with van der Waals surface area (Å²) in [7, 11) is 0. The molecular formula is C19H22N4O4. The summed E-state index contributed by atoms with van der Waals surface area (Å²) in [5, 5.41) is 26.2. The minimum absolute atomic E-state index is 0.0601. The molecule has 0 fully saturated rings. The minimum atomic E-state index is -0.730. The summed E-state index contributed by atoms with van der Waals surface area (Å²) >= 11 is 0. The summed E-state index contributed by atoms with van der Waals surface area (Å²) in [6.45, 7) is 2.14. The maximum Gasteiger partial charge on any atom is 0.319 e. The Labute approximate surface area is 157 Å². The largest absolute Gasteiger partial charge is 0.390 e. The third-order valence-electron chi connectivity index (χ3n) is 4.53. The molecule has 0 radical (unpaired) electrons. The number of anilines is 1. The molecule has 0 saturated heterocycles. The summed E-state index contributed by atoms with van der Waals surface area (Å²) in [6.07, 6.45) is 0.209. The molecule has 142 valence electrons. The molecule has 8 heteroatoms. The second-order valence-electron chi connectivity index (χ2n) is 6.52. The van der Waals surface area contributed by atoms with Gasteiger partial charge in [0.15, 0.2) is 0 Å². The van der Waals surface area contributed by atoms with Crippen LogP contribution in [0.3, 0.4) is 0 Å². The zero-order valence-electron chi connectivity index (χ0n) is 14.8. The van der Waals surface area contributed by atoms with Crippen molar-refractivity contribution in [3.05, 3.63) is 69.8 Å². The maximum absolute atomic E-state index is 12.0. The van der Waals surface area contributed by atoms with E-state index in [0.717, 1.165) is 19.5 Å². The van der Waals surface area contributed by atoms with Crippen molar-refractivity contribution in [2.24, 2.45) is 0 Å². The van der Waals surface area contributed by atoms with Crippen LogP contribution in [0.5, 0.6) is 0 Å². The molecule has 0 spiro atoms. The lowest BCUT2D eigenvalue weighted by atomic mass is 10.00. The third kappa shape index (κ3) is 5.02. The van der Waals surface area contributed by atoms with Crippen LogP contribution in [0, 0.1) is 10.1 Å². The van der Waals surface area contributed by atoms with Gasteiger partial charge in [-0.15, -0.1) is 0 Å². The molecule has 2 aromatic carbocycles. The number of rotatable bonds is 6. The van der Waals surface area contributed by atoms with Gasteiger partial charge in [-0.3, -0.25) is 15.0 Å². The molecule has 0 aromatic heterocycles. The van der Waals surface area contributed by atoms with Crippen molar-refractivity contribution in [1.82, 2.24) is 10.2 Å². The average molecular weight is 370 g/mol. The number of nitrogens with one attached hydrogen (secondary N) is 2. The number of fused-ring (bicyclic) bond motifs is 1. The first-order valence-corrected chi connectivity index (χ1v) is 8.78.